The molecule has 0 bridgehead atoms. The lowest BCUT2D eigenvalue weighted by atomic mass is 9.57. The van der Waals surface area contributed by atoms with Gasteiger partial charge in [-0.1, -0.05) is 87.5 Å². The fourth-order valence-electron chi connectivity index (χ4n) is 5.99. The highest BCUT2D eigenvalue weighted by atomic mass is 16.6. The maximum Gasteiger partial charge on any atom is 0.341 e. The zero-order chi connectivity index (χ0) is 30.2. The summed E-state index contributed by atoms with van der Waals surface area (Å²) in [5.41, 5.74) is 0.245. The summed E-state index contributed by atoms with van der Waals surface area (Å²) in [6, 6.07) is 19.8. The van der Waals surface area contributed by atoms with E-state index in [1.54, 1.807) is 0 Å². The minimum atomic E-state index is -0.776. The molecule has 6 nitrogen and oxygen atoms in total. The molecular formula is C35H45NO5. The zero-order valence-corrected chi connectivity index (χ0v) is 26.0. The highest BCUT2D eigenvalue weighted by Crippen LogP contribution is 2.53. The van der Waals surface area contributed by atoms with Gasteiger partial charge in [0.1, 0.15) is 11.2 Å². The highest BCUT2D eigenvalue weighted by molar-refractivity contribution is 6.12. The van der Waals surface area contributed by atoms with E-state index in [4.69, 9.17) is 14.2 Å². The van der Waals surface area contributed by atoms with Crippen molar-refractivity contribution in [3.63, 3.8) is 0 Å². The van der Waals surface area contributed by atoms with E-state index in [9.17, 15) is 9.59 Å². The number of fused-ring (bicyclic) bond motifs is 1. The second kappa shape index (κ2) is 11.1. The van der Waals surface area contributed by atoms with Gasteiger partial charge in [-0.15, -0.1) is 0 Å². The lowest BCUT2D eigenvalue weighted by molar-refractivity contribution is -0.153. The van der Waals surface area contributed by atoms with E-state index in [-0.39, 0.29) is 17.2 Å². The summed E-state index contributed by atoms with van der Waals surface area (Å²) >= 11 is 0. The Bertz CT molecular complexity index is 1320. The van der Waals surface area contributed by atoms with Gasteiger partial charge in [0.15, 0.2) is 0 Å². The Kier molecular flexibility index (Phi) is 8.30. The molecule has 6 heteroatoms. The molecule has 0 aromatic heterocycles. The molecule has 4 rings (SSSR count). The quantitative estimate of drug-likeness (QED) is 0.388. The van der Waals surface area contributed by atoms with Gasteiger partial charge in [-0.25, -0.2) is 9.59 Å². The minimum Gasteiger partial charge on any atom is -0.456 e. The molecule has 0 amide bonds. The summed E-state index contributed by atoms with van der Waals surface area (Å²) in [6.07, 6.45) is 1.98. The predicted molar refractivity (Wildman–Crippen MR) is 162 cm³/mol. The molecule has 2 aliphatic heterocycles. The monoisotopic (exact) mass is 559 g/mol. The molecule has 2 aromatic rings. The van der Waals surface area contributed by atoms with Crippen LogP contribution in [-0.4, -0.2) is 53.8 Å². The SMILES string of the molecule is CC(C)(C)OC(=O)C1=C[C@@](c2ccccc2)(C(C)(C)C)[C@H]2COCCN2C(c2ccccc2)=C1C(=O)OC(C)(C)C. The van der Waals surface area contributed by atoms with Gasteiger partial charge in [0, 0.05) is 12.0 Å². The van der Waals surface area contributed by atoms with E-state index in [1.807, 2.05) is 96.1 Å². The molecule has 0 saturated carbocycles. The molecule has 0 unspecified atom stereocenters. The largest absolute Gasteiger partial charge is 0.456 e. The van der Waals surface area contributed by atoms with Crippen molar-refractivity contribution >= 4 is 17.6 Å². The van der Waals surface area contributed by atoms with Crippen molar-refractivity contribution in [3.05, 3.63) is 89.0 Å². The summed E-state index contributed by atoms with van der Waals surface area (Å²) in [4.78, 5) is 30.9. The Hall–Kier alpha value is -3.38. The number of benzene rings is 2. The van der Waals surface area contributed by atoms with Crippen molar-refractivity contribution in [3.8, 4) is 0 Å². The van der Waals surface area contributed by atoms with Gasteiger partial charge in [0.2, 0.25) is 0 Å². The average molecular weight is 560 g/mol. The van der Waals surface area contributed by atoms with E-state index in [2.05, 4.69) is 37.8 Å². The van der Waals surface area contributed by atoms with Crippen molar-refractivity contribution in [2.45, 2.75) is 85.0 Å². The van der Waals surface area contributed by atoms with Gasteiger partial charge in [0.05, 0.1) is 36.1 Å². The van der Waals surface area contributed by atoms with Crippen molar-refractivity contribution < 1.29 is 23.8 Å². The molecular weight excluding hydrogens is 514 g/mol. The molecule has 220 valence electrons. The first-order valence-electron chi connectivity index (χ1n) is 14.4. The summed E-state index contributed by atoms with van der Waals surface area (Å²) in [5, 5.41) is 0. The Labute approximate surface area is 245 Å². The normalized spacial score (nSPS) is 21.9. The van der Waals surface area contributed by atoms with E-state index >= 15 is 0 Å². The van der Waals surface area contributed by atoms with Gasteiger partial charge in [-0.2, -0.15) is 0 Å². The number of carbonyl (C=O) groups excluding carboxylic acids is 2. The minimum absolute atomic E-state index is 0.209. The van der Waals surface area contributed by atoms with Gasteiger partial charge >= 0.3 is 11.9 Å². The van der Waals surface area contributed by atoms with Crippen molar-refractivity contribution in [1.29, 1.82) is 0 Å². The second-order valence-corrected chi connectivity index (χ2v) is 13.9. The number of hydrogen-bond donors (Lipinski definition) is 0. The van der Waals surface area contributed by atoms with Crippen LogP contribution in [0.3, 0.4) is 0 Å². The average Bonchev–Trinajstić information content (AvgIpc) is 3.01. The fraction of sp³-hybridized carbons (Fsp3) is 0.486. The highest BCUT2D eigenvalue weighted by Gasteiger charge is 2.55. The number of hydrogen-bond acceptors (Lipinski definition) is 6. The van der Waals surface area contributed by atoms with Crippen LogP contribution in [0.2, 0.25) is 0 Å². The third-order valence-corrected chi connectivity index (χ3v) is 7.58. The predicted octanol–water partition coefficient (Wildman–Crippen LogP) is 6.71. The first-order chi connectivity index (χ1) is 19.1. The lowest BCUT2D eigenvalue weighted by Crippen LogP contribution is -2.60. The summed E-state index contributed by atoms with van der Waals surface area (Å²) in [7, 11) is 0. The van der Waals surface area contributed by atoms with Crippen LogP contribution in [0.4, 0.5) is 0 Å². The van der Waals surface area contributed by atoms with Crippen LogP contribution >= 0.6 is 0 Å². The molecule has 41 heavy (non-hydrogen) atoms. The van der Waals surface area contributed by atoms with Crippen LogP contribution in [0.1, 0.15) is 73.4 Å². The number of rotatable bonds is 4. The third-order valence-electron chi connectivity index (χ3n) is 7.58. The lowest BCUT2D eigenvalue weighted by Gasteiger charge is -2.54. The molecule has 2 aromatic carbocycles. The van der Waals surface area contributed by atoms with Crippen LogP contribution in [0, 0.1) is 5.41 Å². The smallest absolute Gasteiger partial charge is 0.341 e. The molecule has 0 spiro atoms. The zero-order valence-electron chi connectivity index (χ0n) is 26.0. The molecule has 0 aliphatic carbocycles. The van der Waals surface area contributed by atoms with Crippen LogP contribution < -0.4 is 0 Å². The number of nitrogens with zero attached hydrogens (tertiary/aromatic N) is 1. The standard InChI is InChI=1S/C35H45NO5/c1-32(2,3)35(25-18-14-11-15-19-25)22-26(30(37)40-33(4,5)6)28(31(38)41-34(7,8)9)29(24-16-12-10-13-17-24)36-20-21-39-23-27(35)36/h10-19,22,27H,20-21,23H2,1-9H3/t27-,35+/m1/s1. The van der Waals surface area contributed by atoms with Crippen LogP contribution in [-0.2, 0) is 29.2 Å². The second-order valence-electron chi connectivity index (χ2n) is 13.9. The van der Waals surface area contributed by atoms with E-state index in [0.29, 0.717) is 25.5 Å². The Morgan fingerprint density at radius 1 is 0.805 bits per heavy atom. The first-order valence-corrected chi connectivity index (χ1v) is 14.4. The Morgan fingerprint density at radius 3 is 1.88 bits per heavy atom. The molecule has 0 radical (unpaired) electrons. The molecule has 2 heterocycles. The van der Waals surface area contributed by atoms with Gasteiger partial charge in [0.25, 0.3) is 0 Å². The van der Waals surface area contributed by atoms with E-state index in [1.165, 1.54) is 0 Å². The van der Waals surface area contributed by atoms with Crippen LogP contribution in [0.5, 0.6) is 0 Å². The molecule has 2 atom stereocenters. The van der Waals surface area contributed by atoms with Crippen LogP contribution in [0.15, 0.2) is 77.9 Å². The number of morpholine rings is 1. The number of ether oxygens (including phenoxy) is 3. The molecule has 0 N–H and O–H groups in total. The van der Waals surface area contributed by atoms with Crippen molar-refractivity contribution in [2.24, 2.45) is 5.41 Å². The van der Waals surface area contributed by atoms with Crippen molar-refractivity contribution in [1.82, 2.24) is 4.90 Å². The van der Waals surface area contributed by atoms with Crippen LogP contribution in [0.25, 0.3) is 5.70 Å². The third kappa shape index (κ3) is 6.28. The maximum absolute atomic E-state index is 14.3. The first kappa shape index (κ1) is 30.6. The topological polar surface area (TPSA) is 65.1 Å². The number of esters is 2. The Morgan fingerprint density at radius 2 is 1.34 bits per heavy atom. The maximum atomic E-state index is 14.3. The molecule has 1 saturated heterocycles. The number of carbonyl (C=O) groups is 2. The van der Waals surface area contributed by atoms with E-state index in [0.717, 1.165) is 11.1 Å². The summed E-state index contributed by atoms with van der Waals surface area (Å²) < 4.78 is 18.2. The Balaban J connectivity index is 2.18. The van der Waals surface area contributed by atoms with Gasteiger partial charge < -0.3 is 19.1 Å². The van der Waals surface area contributed by atoms with Crippen molar-refractivity contribution in [2.75, 3.05) is 19.8 Å². The molecule has 2 aliphatic rings. The van der Waals surface area contributed by atoms with E-state index < -0.39 is 34.0 Å². The van der Waals surface area contributed by atoms with Gasteiger partial charge in [-0.3, -0.25) is 0 Å². The van der Waals surface area contributed by atoms with Gasteiger partial charge in [-0.05, 0) is 58.1 Å². The summed E-state index contributed by atoms with van der Waals surface area (Å²) in [6.45, 7) is 19.0. The fourth-order valence-corrected chi connectivity index (χ4v) is 5.99. The summed E-state index contributed by atoms with van der Waals surface area (Å²) in [5.74, 6) is -1.12. The molecule has 1 fully saturated rings.